The van der Waals surface area contributed by atoms with Crippen molar-refractivity contribution in [3.05, 3.63) is 0 Å². The van der Waals surface area contributed by atoms with Gasteiger partial charge in [0, 0.05) is 13.5 Å². The number of thiocarbonyl (C=S) groups is 1. The van der Waals surface area contributed by atoms with E-state index in [1.54, 1.807) is 0 Å². The maximum atomic E-state index is 12.6. The average molecular weight is 349 g/mol. The van der Waals surface area contributed by atoms with Crippen LogP contribution in [0.1, 0.15) is 26.2 Å². The Balaban J connectivity index is 2.29. The van der Waals surface area contributed by atoms with E-state index in [0.29, 0.717) is 13.0 Å². The number of sulfonamides is 1. The number of amides is 1. The Morgan fingerprint density at radius 1 is 1.48 bits per heavy atom. The molecule has 11 heteroatoms. The van der Waals surface area contributed by atoms with Gasteiger partial charge in [-0.15, -0.1) is 10.2 Å². The molecule has 116 valence electrons. The molecule has 0 aromatic carbocycles. The summed E-state index contributed by atoms with van der Waals surface area (Å²) in [5.74, 6) is -0.339. The van der Waals surface area contributed by atoms with Crippen LogP contribution in [0, 0.1) is 0 Å². The Kier molecular flexibility index (Phi) is 4.86. The number of hydrogen-bond donors (Lipinski definition) is 2. The normalized spacial score (nSPS) is 20.1. The van der Waals surface area contributed by atoms with Gasteiger partial charge in [-0.2, -0.15) is 4.31 Å². The summed E-state index contributed by atoms with van der Waals surface area (Å²) in [5, 5.41) is 9.85. The second kappa shape index (κ2) is 6.30. The SMILES string of the molecule is CC(=O)Nc1nnc(S(=O)(=O)N2CCCCC2C(N)=S)s1. The molecule has 2 heterocycles. The molecule has 3 N–H and O–H groups in total. The van der Waals surface area contributed by atoms with Crippen molar-refractivity contribution in [1.82, 2.24) is 14.5 Å². The molecule has 0 radical (unpaired) electrons. The highest BCUT2D eigenvalue weighted by molar-refractivity contribution is 7.91. The summed E-state index contributed by atoms with van der Waals surface area (Å²) in [5.41, 5.74) is 5.64. The van der Waals surface area contributed by atoms with Crippen molar-refractivity contribution in [1.29, 1.82) is 0 Å². The van der Waals surface area contributed by atoms with Crippen molar-refractivity contribution in [3.8, 4) is 0 Å². The lowest BCUT2D eigenvalue weighted by Crippen LogP contribution is -2.49. The highest BCUT2D eigenvalue weighted by Crippen LogP contribution is 2.28. The van der Waals surface area contributed by atoms with Gasteiger partial charge in [0.15, 0.2) is 0 Å². The Labute approximate surface area is 131 Å². The summed E-state index contributed by atoms with van der Waals surface area (Å²) in [6, 6.07) is -0.494. The predicted molar refractivity (Wildman–Crippen MR) is 82.5 cm³/mol. The van der Waals surface area contributed by atoms with Crippen LogP contribution in [0.5, 0.6) is 0 Å². The van der Waals surface area contributed by atoms with E-state index in [-0.39, 0.29) is 20.4 Å². The third-order valence-corrected chi connectivity index (χ3v) is 6.37. The first-order chi connectivity index (χ1) is 9.82. The maximum Gasteiger partial charge on any atom is 0.273 e. The standard InChI is InChI=1S/C10H15N5O3S3/c1-6(16)12-9-13-14-10(20-9)21(17,18)15-5-3-2-4-7(15)8(11)19/h7H,2-5H2,1H3,(H2,11,19)(H,12,13,16). The fourth-order valence-electron chi connectivity index (χ4n) is 2.09. The Bertz CT molecular complexity index is 657. The van der Waals surface area contributed by atoms with E-state index in [4.69, 9.17) is 18.0 Å². The molecule has 1 aromatic rings. The Morgan fingerprint density at radius 3 is 2.81 bits per heavy atom. The second-order valence-electron chi connectivity index (χ2n) is 4.58. The van der Waals surface area contributed by atoms with Crippen molar-refractivity contribution in [2.45, 2.75) is 36.6 Å². The molecule has 2 rings (SSSR count). The van der Waals surface area contributed by atoms with Gasteiger partial charge in [-0.3, -0.25) is 4.79 Å². The van der Waals surface area contributed by atoms with Crippen LogP contribution in [0.15, 0.2) is 4.34 Å². The first kappa shape index (κ1) is 16.2. The summed E-state index contributed by atoms with van der Waals surface area (Å²) in [4.78, 5) is 11.1. The largest absolute Gasteiger partial charge is 0.392 e. The molecule has 1 fully saturated rings. The van der Waals surface area contributed by atoms with Gasteiger partial charge in [-0.25, -0.2) is 8.42 Å². The number of hydrogen-bond acceptors (Lipinski definition) is 7. The quantitative estimate of drug-likeness (QED) is 0.594. The summed E-state index contributed by atoms with van der Waals surface area (Å²) in [7, 11) is -3.81. The van der Waals surface area contributed by atoms with Crippen molar-refractivity contribution in [3.63, 3.8) is 0 Å². The van der Waals surface area contributed by atoms with Gasteiger partial charge in [0.2, 0.25) is 15.4 Å². The smallest absolute Gasteiger partial charge is 0.273 e. The van der Waals surface area contributed by atoms with Gasteiger partial charge in [0.05, 0.1) is 11.0 Å². The number of piperidine rings is 1. The van der Waals surface area contributed by atoms with Gasteiger partial charge in [0.1, 0.15) is 0 Å². The molecule has 21 heavy (non-hydrogen) atoms. The zero-order valence-electron chi connectivity index (χ0n) is 11.3. The van der Waals surface area contributed by atoms with E-state index >= 15 is 0 Å². The molecule has 0 bridgehead atoms. The molecule has 1 saturated heterocycles. The van der Waals surface area contributed by atoms with Gasteiger partial charge in [-0.1, -0.05) is 30.0 Å². The lowest BCUT2D eigenvalue weighted by molar-refractivity contribution is -0.114. The molecule has 1 aliphatic heterocycles. The van der Waals surface area contributed by atoms with Gasteiger partial charge in [0.25, 0.3) is 10.0 Å². The van der Waals surface area contributed by atoms with Crippen molar-refractivity contribution in [2.24, 2.45) is 5.73 Å². The molecule has 0 aliphatic carbocycles. The highest BCUT2D eigenvalue weighted by atomic mass is 32.2. The first-order valence-corrected chi connectivity index (χ1v) is 8.91. The molecular formula is C10H15N5O3S3. The number of carbonyl (C=O) groups is 1. The summed E-state index contributed by atoms with van der Waals surface area (Å²) in [6.45, 7) is 1.66. The van der Waals surface area contributed by atoms with Crippen LogP contribution in [0.25, 0.3) is 0 Å². The molecule has 1 aliphatic rings. The Morgan fingerprint density at radius 2 is 2.19 bits per heavy atom. The summed E-state index contributed by atoms with van der Waals surface area (Å²) in [6.07, 6.45) is 2.23. The number of nitrogens with one attached hydrogen (secondary N) is 1. The monoisotopic (exact) mass is 349 g/mol. The van der Waals surface area contributed by atoms with E-state index in [2.05, 4.69) is 15.5 Å². The van der Waals surface area contributed by atoms with Gasteiger partial charge < -0.3 is 11.1 Å². The van der Waals surface area contributed by atoms with Crippen LogP contribution in [0.4, 0.5) is 5.13 Å². The minimum Gasteiger partial charge on any atom is -0.392 e. The summed E-state index contributed by atoms with van der Waals surface area (Å²) < 4.78 is 26.3. The third kappa shape index (κ3) is 3.54. The highest BCUT2D eigenvalue weighted by Gasteiger charge is 2.37. The molecule has 0 saturated carbocycles. The fourth-order valence-corrected chi connectivity index (χ4v) is 5.14. The van der Waals surface area contributed by atoms with Crippen LogP contribution in [-0.4, -0.2) is 46.4 Å². The number of anilines is 1. The first-order valence-electron chi connectivity index (χ1n) is 6.24. The number of carbonyl (C=O) groups excluding carboxylic acids is 1. The van der Waals surface area contributed by atoms with E-state index in [0.717, 1.165) is 24.2 Å². The second-order valence-corrected chi connectivity index (χ2v) is 8.10. The van der Waals surface area contributed by atoms with Gasteiger partial charge in [-0.05, 0) is 12.8 Å². The van der Waals surface area contributed by atoms with Crippen LogP contribution in [-0.2, 0) is 14.8 Å². The van der Waals surface area contributed by atoms with E-state index < -0.39 is 16.1 Å². The number of nitrogens with two attached hydrogens (primary N) is 1. The zero-order chi connectivity index (χ0) is 15.6. The molecular weight excluding hydrogens is 334 g/mol. The third-order valence-electron chi connectivity index (χ3n) is 3.00. The fraction of sp³-hybridized carbons (Fsp3) is 0.600. The molecule has 1 amide bonds. The molecule has 1 unspecified atom stereocenters. The van der Waals surface area contributed by atoms with Crippen LogP contribution >= 0.6 is 23.6 Å². The number of nitrogens with zero attached hydrogens (tertiary/aromatic N) is 3. The maximum absolute atomic E-state index is 12.6. The predicted octanol–water partition coefficient (Wildman–Crippen LogP) is 0.326. The lowest BCUT2D eigenvalue weighted by Gasteiger charge is -2.32. The van der Waals surface area contributed by atoms with E-state index in [9.17, 15) is 13.2 Å². The molecule has 8 nitrogen and oxygen atoms in total. The molecule has 1 atom stereocenters. The van der Waals surface area contributed by atoms with Crippen molar-refractivity contribution in [2.75, 3.05) is 11.9 Å². The van der Waals surface area contributed by atoms with Gasteiger partial charge >= 0.3 is 0 Å². The topological polar surface area (TPSA) is 118 Å². The molecule has 0 spiro atoms. The number of aromatic nitrogens is 2. The van der Waals surface area contributed by atoms with Crippen molar-refractivity contribution < 1.29 is 13.2 Å². The van der Waals surface area contributed by atoms with E-state index in [1.807, 2.05) is 0 Å². The van der Waals surface area contributed by atoms with Crippen molar-refractivity contribution >= 4 is 49.6 Å². The number of rotatable bonds is 4. The Hall–Kier alpha value is -1.17. The minimum atomic E-state index is -3.81. The summed E-state index contributed by atoms with van der Waals surface area (Å²) >= 11 is 5.76. The van der Waals surface area contributed by atoms with Crippen LogP contribution in [0.3, 0.4) is 0 Å². The lowest BCUT2D eigenvalue weighted by atomic mass is 10.1. The molecule has 1 aromatic heterocycles. The zero-order valence-corrected chi connectivity index (χ0v) is 13.7. The van der Waals surface area contributed by atoms with Crippen LogP contribution < -0.4 is 11.1 Å². The average Bonchev–Trinajstić information content (AvgIpc) is 2.87. The van der Waals surface area contributed by atoms with E-state index in [1.165, 1.54) is 11.2 Å². The van der Waals surface area contributed by atoms with Crippen LogP contribution in [0.2, 0.25) is 0 Å². The minimum absolute atomic E-state index is 0.143.